The van der Waals surface area contributed by atoms with Gasteiger partial charge >= 0.3 is 0 Å². The third-order valence-corrected chi connectivity index (χ3v) is 3.13. The number of H-pyrrole nitrogens is 1. The number of pyridine rings is 1. The molecule has 0 spiro atoms. The molecule has 3 aromatic rings. The molecular formula is C11H7IN4. The Morgan fingerprint density at radius 2 is 2.00 bits per heavy atom. The van der Waals surface area contributed by atoms with E-state index in [9.17, 15) is 0 Å². The largest absolute Gasteiger partial charge is 0.344 e. The van der Waals surface area contributed by atoms with Crippen LogP contribution in [0.2, 0.25) is 0 Å². The zero-order chi connectivity index (χ0) is 11.0. The van der Waals surface area contributed by atoms with E-state index in [1.165, 1.54) is 0 Å². The fourth-order valence-electron chi connectivity index (χ4n) is 1.52. The Balaban J connectivity index is 2.22. The highest BCUT2D eigenvalue weighted by Crippen LogP contribution is 2.20. The minimum atomic E-state index is 0.821. The van der Waals surface area contributed by atoms with Crippen LogP contribution in [-0.2, 0) is 0 Å². The van der Waals surface area contributed by atoms with Gasteiger partial charge in [-0.05, 0) is 34.7 Å². The number of aromatic amines is 1. The van der Waals surface area contributed by atoms with Gasteiger partial charge < -0.3 is 4.98 Å². The Kier molecular flexibility index (Phi) is 2.32. The predicted octanol–water partition coefficient (Wildman–Crippen LogP) is 2.62. The third-order valence-electron chi connectivity index (χ3n) is 2.31. The number of halogens is 1. The van der Waals surface area contributed by atoms with Crippen LogP contribution in [0.25, 0.3) is 22.4 Å². The summed E-state index contributed by atoms with van der Waals surface area (Å²) in [6.45, 7) is 0. The molecule has 0 saturated heterocycles. The van der Waals surface area contributed by atoms with Crippen LogP contribution in [0, 0.1) is 3.57 Å². The zero-order valence-electron chi connectivity index (χ0n) is 8.18. The van der Waals surface area contributed by atoms with Crippen molar-refractivity contribution in [1.82, 2.24) is 19.9 Å². The molecular weight excluding hydrogens is 315 g/mol. The second-order valence-corrected chi connectivity index (χ2v) is 4.49. The van der Waals surface area contributed by atoms with Crippen molar-refractivity contribution in [1.29, 1.82) is 0 Å². The van der Waals surface area contributed by atoms with Crippen molar-refractivity contribution in [3.8, 4) is 11.3 Å². The number of hydrogen-bond donors (Lipinski definition) is 1. The Bertz CT molecular complexity index is 633. The average molecular weight is 322 g/mol. The highest BCUT2D eigenvalue weighted by Gasteiger charge is 2.06. The molecule has 78 valence electrons. The second kappa shape index (κ2) is 3.82. The van der Waals surface area contributed by atoms with Crippen LogP contribution in [0.5, 0.6) is 0 Å². The van der Waals surface area contributed by atoms with Crippen molar-refractivity contribution in [2.75, 3.05) is 0 Å². The first-order valence-electron chi connectivity index (χ1n) is 4.74. The van der Waals surface area contributed by atoms with Gasteiger partial charge in [-0.15, -0.1) is 0 Å². The van der Waals surface area contributed by atoms with Gasteiger partial charge in [-0.25, -0.2) is 9.97 Å². The fraction of sp³-hybridized carbons (Fsp3) is 0. The zero-order valence-corrected chi connectivity index (χ0v) is 10.3. The first-order valence-corrected chi connectivity index (χ1v) is 5.82. The summed E-state index contributed by atoms with van der Waals surface area (Å²) in [6, 6.07) is 3.85. The molecule has 3 rings (SSSR count). The number of nitrogens with zero attached hydrogens (tertiary/aromatic N) is 3. The van der Waals surface area contributed by atoms with E-state index in [2.05, 4.69) is 42.5 Å². The molecule has 0 aliphatic heterocycles. The van der Waals surface area contributed by atoms with Gasteiger partial charge in [0, 0.05) is 24.2 Å². The number of nitrogens with one attached hydrogen (secondary N) is 1. The summed E-state index contributed by atoms with van der Waals surface area (Å²) in [4.78, 5) is 16.0. The van der Waals surface area contributed by atoms with E-state index in [0.717, 1.165) is 26.0 Å². The lowest BCUT2D eigenvalue weighted by Crippen LogP contribution is -1.87. The van der Waals surface area contributed by atoms with E-state index in [0.29, 0.717) is 0 Å². The maximum Gasteiger partial charge on any atom is 0.157 e. The van der Waals surface area contributed by atoms with Crippen LogP contribution >= 0.6 is 22.6 Å². The quantitative estimate of drug-likeness (QED) is 0.701. The Labute approximate surface area is 105 Å². The molecule has 5 heteroatoms. The number of hydrogen-bond acceptors (Lipinski definition) is 3. The smallest absolute Gasteiger partial charge is 0.157 e. The average Bonchev–Trinajstić information content (AvgIpc) is 2.72. The summed E-state index contributed by atoms with van der Waals surface area (Å²) in [5.74, 6) is 0. The van der Waals surface area contributed by atoms with E-state index in [4.69, 9.17) is 0 Å². The molecule has 0 fully saturated rings. The third kappa shape index (κ3) is 1.57. The first kappa shape index (κ1) is 9.71. The maximum atomic E-state index is 4.58. The van der Waals surface area contributed by atoms with Crippen LogP contribution < -0.4 is 0 Å². The standard InChI is InChI=1S/C11H7IN4/c12-8-5-14-11-10(8)16-9(6-15-11)7-1-3-13-4-2-7/h1-6H,(H,14,15). The van der Waals surface area contributed by atoms with Crippen LogP contribution in [0.15, 0.2) is 36.9 Å². The lowest BCUT2D eigenvalue weighted by Gasteiger charge is -1.99. The van der Waals surface area contributed by atoms with Gasteiger partial charge in [0.25, 0.3) is 0 Å². The highest BCUT2D eigenvalue weighted by atomic mass is 127. The van der Waals surface area contributed by atoms with Gasteiger partial charge in [-0.3, -0.25) is 4.98 Å². The lowest BCUT2D eigenvalue weighted by molar-refractivity contribution is 1.25. The van der Waals surface area contributed by atoms with Crippen LogP contribution in [0.1, 0.15) is 0 Å². The van der Waals surface area contributed by atoms with Gasteiger partial charge in [0.15, 0.2) is 5.65 Å². The van der Waals surface area contributed by atoms with Gasteiger partial charge in [0.1, 0.15) is 5.52 Å². The highest BCUT2D eigenvalue weighted by molar-refractivity contribution is 14.1. The molecule has 0 atom stereocenters. The summed E-state index contributed by atoms with van der Waals surface area (Å²) in [5, 5.41) is 0. The molecule has 3 heterocycles. The van der Waals surface area contributed by atoms with E-state index < -0.39 is 0 Å². The van der Waals surface area contributed by atoms with Gasteiger partial charge in [0.05, 0.1) is 15.5 Å². The van der Waals surface area contributed by atoms with E-state index >= 15 is 0 Å². The number of fused-ring (bicyclic) bond motifs is 1. The van der Waals surface area contributed by atoms with Crippen LogP contribution in [-0.4, -0.2) is 19.9 Å². The Morgan fingerprint density at radius 1 is 1.19 bits per heavy atom. The summed E-state index contributed by atoms with van der Waals surface area (Å²) < 4.78 is 1.08. The topological polar surface area (TPSA) is 54.5 Å². The van der Waals surface area contributed by atoms with Gasteiger partial charge in [0.2, 0.25) is 0 Å². The normalized spacial score (nSPS) is 10.8. The lowest BCUT2D eigenvalue weighted by atomic mass is 10.2. The molecule has 0 unspecified atom stereocenters. The van der Waals surface area contributed by atoms with Gasteiger partial charge in [-0.2, -0.15) is 0 Å². The van der Waals surface area contributed by atoms with Crippen LogP contribution in [0.3, 0.4) is 0 Å². The van der Waals surface area contributed by atoms with E-state index in [1.807, 2.05) is 18.3 Å². The first-order chi connectivity index (χ1) is 7.84. The molecule has 0 aromatic carbocycles. The van der Waals surface area contributed by atoms with Crippen molar-refractivity contribution < 1.29 is 0 Å². The summed E-state index contributed by atoms with van der Waals surface area (Å²) in [7, 11) is 0. The summed E-state index contributed by atoms with van der Waals surface area (Å²) in [5.41, 5.74) is 3.63. The van der Waals surface area contributed by atoms with Crippen molar-refractivity contribution in [2.24, 2.45) is 0 Å². The fourth-order valence-corrected chi connectivity index (χ4v) is 2.05. The Morgan fingerprint density at radius 3 is 2.81 bits per heavy atom. The molecule has 0 amide bonds. The van der Waals surface area contributed by atoms with Crippen LogP contribution in [0.4, 0.5) is 0 Å². The molecule has 0 aliphatic rings. The monoisotopic (exact) mass is 322 g/mol. The van der Waals surface area contributed by atoms with Gasteiger partial charge in [-0.1, -0.05) is 0 Å². The van der Waals surface area contributed by atoms with Crippen molar-refractivity contribution in [2.45, 2.75) is 0 Å². The summed E-state index contributed by atoms with van der Waals surface area (Å²) >= 11 is 2.24. The Hall–Kier alpha value is -1.50. The number of rotatable bonds is 1. The molecule has 0 bridgehead atoms. The predicted molar refractivity (Wildman–Crippen MR) is 69.8 cm³/mol. The molecule has 0 saturated carbocycles. The molecule has 0 aliphatic carbocycles. The minimum absolute atomic E-state index is 0.821. The number of aromatic nitrogens is 4. The SMILES string of the molecule is Ic1c[nH]c2ncc(-c3ccncc3)nc12. The van der Waals surface area contributed by atoms with E-state index in [1.54, 1.807) is 18.6 Å². The van der Waals surface area contributed by atoms with Crippen molar-refractivity contribution in [3.63, 3.8) is 0 Å². The summed E-state index contributed by atoms with van der Waals surface area (Å²) in [6.07, 6.45) is 7.18. The van der Waals surface area contributed by atoms with Crippen molar-refractivity contribution in [3.05, 3.63) is 40.5 Å². The van der Waals surface area contributed by atoms with Crippen molar-refractivity contribution >= 4 is 33.8 Å². The second-order valence-electron chi connectivity index (χ2n) is 3.32. The molecule has 3 aromatic heterocycles. The molecule has 0 radical (unpaired) electrons. The molecule has 1 N–H and O–H groups in total. The maximum absolute atomic E-state index is 4.58. The molecule has 16 heavy (non-hydrogen) atoms. The van der Waals surface area contributed by atoms with E-state index in [-0.39, 0.29) is 0 Å². The minimum Gasteiger partial charge on any atom is -0.344 e. The molecule has 4 nitrogen and oxygen atoms in total.